The van der Waals surface area contributed by atoms with E-state index in [1.807, 2.05) is 24.3 Å². The summed E-state index contributed by atoms with van der Waals surface area (Å²) in [7, 11) is 0. The SMILES string of the molecule is O=C(Cn1ccnc1)N1CCOc2c(O)cc(-c3cccc(Cl)c3)cc2C1. The van der Waals surface area contributed by atoms with Crippen molar-refractivity contribution >= 4 is 17.5 Å². The van der Waals surface area contributed by atoms with Crippen LogP contribution in [0.15, 0.2) is 55.1 Å². The molecule has 0 bridgehead atoms. The lowest BCUT2D eigenvalue weighted by atomic mass is 10.0. The minimum absolute atomic E-state index is 0.0305. The zero-order chi connectivity index (χ0) is 18.8. The molecule has 0 fully saturated rings. The van der Waals surface area contributed by atoms with E-state index < -0.39 is 0 Å². The van der Waals surface area contributed by atoms with Crippen molar-refractivity contribution in [2.75, 3.05) is 13.2 Å². The second-order valence-electron chi connectivity index (χ2n) is 6.39. The highest BCUT2D eigenvalue weighted by Gasteiger charge is 2.23. The van der Waals surface area contributed by atoms with Crippen LogP contribution in [0.25, 0.3) is 11.1 Å². The molecule has 0 unspecified atom stereocenters. The Morgan fingerprint density at radius 1 is 1.26 bits per heavy atom. The minimum Gasteiger partial charge on any atom is -0.504 e. The van der Waals surface area contributed by atoms with Crippen LogP contribution in [-0.4, -0.2) is 38.6 Å². The lowest BCUT2D eigenvalue weighted by Crippen LogP contribution is -2.34. The van der Waals surface area contributed by atoms with Crippen molar-refractivity contribution in [3.05, 3.63) is 65.7 Å². The number of phenols is 1. The summed E-state index contributed by atoms with van der Waals surface area (Å²) >= 11 is 6.09. The molecule has 1 aliphatic rings. The molecule has 2 heterocycles. The van der Waals surface area contributed by atoms with Gasteiger partial charge in [0.1, 0.15) is 13.2 Å². The third kappa shape index (κ3) is 3.75. The maximum atomic E-state index is 12.7. The summed E-state index contributed by atoms with van der Waals surface area (Å²) in [5.74, 6) is 0.460. The van der Waals surface area contributed by atoms with Crippen LogP contribution in [-0.2, 0) is 17.9 Å². The van der Waals surface area contributed by atoms with E-state index in [0.717, 1.165) is 16.7 Å². The van der Waals surface area contributed by atoms with E-state index in [-0.39, 0.29) is 18.2 Å². The van der Waals surface area contributed by atoms with Crippen LogP contribution in [0.4, 0.5) is 0 Å². The number of hydrogen-bond donors (Lipinski definition) is 1. The zero-order valence-electron chi connectivity index (χ0n) is 14.5. The Kier molecular flexibility index (Phi) is 4.73. The first-order chi connectivity index (χ1) is 13.1. The lowest BCUT2D eigenvalue weighted by Gasteiger charge is -2.20. The highest BCUT2D eigenvalue weighted by molar-refractivity contribution is 6.30. The van der Waals surface area contributed by atoms with Crippen LogP contribution in [0.3, 0.4) is 0 Å². The number of carbonyl (C=O) groups excluding carboxylic acids is 1. The molecule has 0 atom stereocenters. The molecule has 2 aromatic carbocycles. The summed E-state index contributed by atoms with van der Waals surface area (Å²) in [5.41, 5.74) is 2.48. The standard InChI is InChI=1S/C20H18ClN3O3/c21-17-3-1-2-14(9-17)15-8-16-11-24(6-7-27-20(16)18(25)10-15)19(26)12-23-5-4-22-13-23/h1-5,8-10,13,25H,6-7,11-12H2. The van der Waals surface area contributed by atoms with E-state index in [1.165, 1.54) is 0 Å². The van der Waals surface area contributed by atoms with E-state index in [1.54, 1.807) is 40.3 Å². The van der Waals surface area contributed by atoms with Crippen LogP contribution < -0.4 is 4.74 Å². The molecule has 7 heteroatoms. The van der Waals surface area contributed by atoms with Gasteiger partial charge in [-0.05, 0) is 35.4 Å². The zero-order valence-corrected chi connectivity index (χ0v) is 15.3. The Morgan fingerprint density at radius 3 is 2.93 bits per heavy atom. The number of ether oxygens (including phenoxy) is 1. The van der Waals surface area contributed by atoms with Crippen molar-refractivity contribution in [1.82, 2.24) is 14.5 Å². The minimum atomic E-state index is -0.0305. The molecule has 4 rings (SSSR count). The quantitative estimate of drug-likeness (QED) is 0.753. The first-order valence-electron chi connectivity index (χ1n) is 8.58. The molecule has 0 aliphatic carbocycles. The topological polar surface area (TPSA) is 67.6 Å². The maximum absolute atomic E-state index is 12.7. The number of amides is 1. The molecule has 138 valence electrons. The fourth-order valence-electron chi connectivity index (χ4n) is 3.18. The van der Waals surface area contributed by atoms with Gasteiger partial charge in [-0.1, -0.05) is 23.7 Å². The Bertz CT molecular complexity index is 973. The number of nitrogens with zero attached hydrogens (tertiary/aromatic N) is 3. The van der Waals surface area contributed by atoms with Gasteiger partial charge in [-0.3, -0.25) is 4.79 Å². The van der Waals surface area contributed by atoms with Crippen molar-refractivity contribution in [3.63, 3.8) is 0 Å². The Balaban J connectivity index is 1.63. The number of imidazole rings is 1. The van der Waals surface area contributed by atoms with Gasteiger partial charge in [-0.25, -0.2) is 4.98 Å². The maximum Gasteiger partial charge on any atom is 0.242 e. The summed E-state index contributed by atoms with van der Waals surface area (Å²) in [4.78, 5) is 18.3. The van der Waals surface area contributed by atoms with Crippen LogP contribution in [0.5, 0.6) is 11.5 Å². The van der Waals surface area contributed by atoms with Gasteiger partial charge in [0.05, 0.1) is 12.9 Å². The first kappa shape index (κ1) is 17.4. The van der Waals surface area contributed by atoms with Crippen molar-refractivity contribution < 1.29 is 14.6 Å². The van der Waals surface area contributed by atoms with E-state index in [4.69, 9.17) is 16.3 Å². The van der Waals surface area contributed by atoms with Gasteiger partial charge in [-0.2, -0.15) is 0 Å². The highest BCUT2D eigenvalue weighted by atomic mass is 35.5. The average Bonchev–Trinajstić information content (AvgIpc) is 3.05. The van der Waals surface area contributed by atoms with Gasteiger partial charge in [0.15, 0.2) is 11.5 Å². The molecule has 1 amide bonds. The van der Waals surface area contributed by atoms with Crippen molar-refractivity contribution in [1.29, 1.82) is 0 Å². The second-order valence-corrected chi connectivity index (χ2v) is 6.83. The van der Waals surface area contributed by atoms with E-state index in [0.29, 0.717) is 30.5 Å². The summed E-state index contributed by atoms with van der Waals surface area (Å²) in [6.07, 6.45) is 5.01. The molecular formula is C20H18ClN3O3. The summed E-state index contributed by atoms with van der Waals surface area (Å²) < 4.78 is 7.45. The van der Waals surface area contributed by atoms with Gasteiger partial charge in [0, 0.05) is 29.5 Å². The van der Waals surface area contributed by atoms with Gasteiger partial charge in [-0.15, -0.1) is 0 Å². The Morgan fingerprint density at radius 2 is 2.15 bits per heavy atom. The average molecular weight is 384 g/mol. The number of hydrogen-bond acceptors (Lipinski definition) is 4. The molecule has 1 aromatic heterocycles. The predicted octanol–water partition coefficient (Wildman–Crippen LogP) is 3.33. The van der Waals surface area contributed by atoms with Crippen molar-refractivity contribution in [2.45, 2.75) is 13.1 Å². The van der Waals surface area contributed by atoms with E-state index >= 15 is 0 Å². The van der Waals surface area contributed by atoms with E-state index in [2.05, 4.69) is 4.98 Å². The molecule has 0 saturated carbocycles. The number of halogens is 1. The lowest BCUT2D eigenvalue weighted by molar-refractivity contribution is -0.132. The number of aromatic hydroxyl groups is 1. The molecule has 6 nitrogen and oxygen atoms in total. The number of aromatic nitrogens is 2. The monoisotopic (exact) mass is 383 g/mol. The molecular weight excluding hydrogens is 366 g/mol. The molecule has 1 aliphatic heterocycles. The summed E-state index contributed by atoms with van der Waals surface area (Å²) in [5, 5.41) is 11.1. The molecule has 0 radical (unpaired) electrons. The third-order valence-corrected chi connectivity index (χ3v) is 4.74. The van der Waals surface area contributed by atoms with Crippen molar-refractivity contribution in [3.8, 4) is 22.6 Å². The Labute approximate surface area is 161 Å². The smallest absolute Gasteiger partial charge is 0.242 e. The number of phenolic OH excluding ortho intramolecular Hbond substituents is 1. The van der Waals surface area contributed by atoms with Crippen molar-refractivity contribution in [2.24, 2.45) is 0 Å². The second kappa shape index (κ2) is 7.32. The third-order valence-electron chi connectivity index (χ3n) is 4.50. The molecule has 27 heavy (non-hydrogen) atoms. The number of fused-ring (bicyclic) bond motifs is 1. The number of rotatable bonds is 3. The van der Waals surface area contributed by atoms with Crippen LogP contribution in [0.1, 0.15) is 5.56 Å². The van der Waals surface area contributed by atoms with Gasteiger partial charge >= 0.3 is 0 Å². The fraction of sp³-hybridized carbons (Fsp3) is 0.200. The summed E-state index contributed by atoms with van der Waals surface area (Å²) in [6.45, 7) is 1.36. The van der Waals surface area contributed by atoms with Gasteiger partial charge in [0.25, 0.3) is 0 Å². The van der Waals surface area contributed by atoms with Crippen LogP contribution in [0.2, 0.25) is 5.02 Å². The van der Waals surface area contributed by atoms with Crippen LogP contribution >= 0.6 is 11.6 Å². The largest absolute Gasteiger partial charge is 0.504 e. The first-order valence-corrected chi connectivity index (χ1v) is 8.96. The normalized spacial score (nSPS) is 13.6. The number of carbonyl (C=O) groups is 1. The van der Waals surface area contributed by atoms with Crippen LogP contribution in [0, 0.1) is 0 Å². The summed E-state index contributed by atoms with van der Waals surface area (Å²) in [6, 6.07) is 11.0. The molecule has 3 aromatic rings. The fourth-order valence-corrected chi connectivity index (χ4v) is 3.37. The molecule has 0 spiro atoms. The van der Waals surface area contributed by atoms with E-state index in [9.17, 15) is 9.90 Å². The Hall–Kier alpha value is -2.99. The number of benzene rings is 2. The van der Waals surface area contributed by atoms with Gasteiger partial charge < -0.3 is 19.3 Å². The predicted molar refractivity (Wildman–Crippen MR) is 102 cm³/mol. The molecule has 0 saturated heterocycles. The highest BCUT2D eigenvalue weighted by Crippen LogP contribution is 2.38. The molecule has 1 N–H and O–H groups in total. The van der Waals surface area contributed by atoms with Gasteiger partial charge in [0.2, 0.25) is 5.91 Å².